The highest BCUT2D eigenvalue weighted by Crippen LogP contribution is 2.45. The van der Waals surface area contributed by atoms with Gasteiger partial charge in [-0.3, -0.25) is 0 Å². The molecule has 0 radical (unpaired) electrons. The lowest BCUT2D eigenvalue weighted by Crippen LogP contribution is -2.65. The van der Waals surface area contributed by atoms with Gasteiger partial charge in [0.25, 0.3) is 0 Å². The molecule has 1 aromatic carbocycles. The Hall–Kier alpha value is -1.32. The molecule has 0 unspecified atom stereocenters. The number of nitrogens with one attached hydrogen (secondary N) is 1. The summed E-state index contributed by atoms with van der Waals surface area (Å²) >= 11 is 0. The summed E-state index contributed by atoms with van der Waals surface area (Å²) in [4.78, 5) is 3.46. The number of hydrogen-bond acceptors (Lipinski definition) is 2. The second-order valence-electron chi connectivity index (χ2n) is 5.97. The van der Waals surface area contributed by atoms with Gasteiger partial charge in [-0.1, -0.05) is 18.2 Å². The van der Waals surface area contributed by atoms with Crippen LogP contribution in [0.15, 0.2) is 24.3 Å². The van der Waals surface area contributed by atoms with Gasteiger partial charge in [0.2, 0.25) is 0 Å². The third-order valence-corrected chi connectivity index (χ3v) is 4.30. The van der Waals surface area contributed by atoms with E-state index < -0.39 is 0 Å². The Labute approximate surface area is 107 Å². The molecular weight excluding hydrogens is 224 g/mol. The molecule has 1 fully saturated rings. The van der Waals surface area contributed by atoms with Gasteiger partial charge in [0.15, 0.2) is 0 Å². The molecule has 3 rings (SSSR count). The lowest BCUT2D eigenvalue weighted by atomic mass is 9.65. The predicted octanol–water partition coefficient (Wildman–Crippen LogP) is 2.48. The zero-order valence-corrected chi connectivity index (χ0v) is 11.2. The van der Waals surface area contributed by atoms with E-state index in [0.29, 0.717) is 13.2 Å². The van der Waals surface area contributed by atoms with E-state index in [2.05, 4.69) is 50.0 Å². The zero-order valence-electron chi connectivity index (χ0n) is 11.2. The summed E-state index contributed by atoms with van der Waals surface area (Å²) in [5, 5.41) is 1.27. The molecular formula is C15H20N2O. The van der Waals surface area contributed by atoms with Crippen molar-refractivity contribution in [3.05, 3.63) is 35.5 Å². The number of H-pyrrole nitrogens is 1. The Kier molecular flexibility index (Phi) is 2.34. The minimum absolute atomic E-state index is 0.0727. The number of aryl methyl sites for hydroxylation is 1. The monoisotopic (exact) mass is 244 g/mol. The largest absolute Gasteiger partial charge is 0.379 e. The van der Waals surface area contributed by atoms with E-state index in [0.717, 1.165) is 0 Å². The van der Waals surface area contributed by atoms with Crippen LogP contribution in [0.4, 0.5) is 0 Å². The molecule has 1 aliphatic heterocycles. The molecule has 96 valence electrons. The van der Waals surface area contributed by atoms with Gasteiger partial charge < -0.3 is 15.5 Å². The van der Waals surface area contributed by atoms with E-state index in [1.165, 1.54) is 22.2 Å². The van der Waals surface area contributed by atoms with Crippen LogP contribution in [0.1, 0.15) is 25.1 Å². The molecule has 0 spiro atoms. The molecule has 2 aromatic rings. The maximum absolute atomic E-state index is 6.43. The molecule has 0 aliphatic carbocycles. The first-order chi connectivity index (χ1) is 8.46. The lowest BCUT2D eigenvalue weighted by Gasteiger charge is -2.51. The summed E-state index contributed by atoms with van der Waals surface area (Å²) in [6, 6.07) is 8.41. The van der Waals surface area contributed by atoms with Crippen LogP contribution >= 0.6 is 0 Å². The van der Waals surface area contributed by atoms with Crippen molar-refractivity contribution in [3.63, 3.8) is 0 Å². The van der Waals surface area contributed by atoms with Crippen molar-refractivity contribution in [2.45, 2.75) is 31.7 Å². The van der Waals surface area contributed by atoms with Crippen molar-refractivity contribution in [3.8, 4) is 0 Å². The molecule has 3 nitrogen and oxygen atoms in total. The van der Waals surface area contributed by atoms with Crippen LogP contribution in [0, 0.1) is 6.92 Å². The van der Waals surface area contributed by atoms with Crippen LogP contribution in [0.2, 0.25) is 0 Å². The van der Waals surface area contributed by atoms with Gasteiger partial charge in [0.1, 0.15) is 0 Å². The summed E-state index contributed by atoms with van der Waals surface area (Å²) in [6.45, 7) is 7.73. The molecule has 2 heterocycles. The van der Waals surface area contributed by atoms with Gasteiger partial charge in [0, 0.05) is 22.1 Å². The fraction of sp³-hybridized carbons (Fsp3) is 0.467. The van der Waals surface area contributed by atoms with Gasteiger partial charge in [-0.25, -0.2) is 0 Å². The van der Waals surface area contributed by atoms with Gasteiger partial charge in [0.05, 0.1) is 18.6 Å². The highest BCUT2D eigenvalue weighted by atomic mass is 16.5. The quantitative estimate of drug-likeness (QED) is 0.852. The summed E-state index contributed by atoms with van der Waals surface area (Å²) < 4.78 is 5.50. The van der Waals surface area contributed by atoms with Gasteiger partial charge >= 0.3 is 0 Å². The number of nitrogens with two attached hydrogens (primary N) is 1. The number of aromatic amines is 1. The van der Waals surface area contributed by atoms with E-state index in [9.17, 15) is 0 Å². The average molecular weight is 244 g/mol. The lowest BCUT2D eigenvalue weighted by molar-refractivity contribution is -0.0914. The molecule has 3 heteroatoms. The fourth-order valence-electron chi connectivity index (χ4n) is 3.04. The second-order valence-corrected chi connectivity index (χ2v) is 5.97. The average Bonchev–Trinajstić information content (AvgIpc) is 2.52. The van der Waals surface area contributed by atoms with Gasteiger partial charge in [-0.15, -0.1) is 0 Å². The van der Waals surface area contributed by atoms with E-state index in [1.54, 1.807) is 0 Å². The number of para-hydroxylation sites is 1. The molecule has 1 saturated heterocycles. The van der Waals surface area contributed by atoms with Gasteiger partial charge in [-0.05, 0) is 32.4 Å². The molecule has 0 saturated carbocycles. The summed E-state index contributed by atoms with van der Waals surface area (Å²) in [6.07, 6.45) is 0. The number of fused-ring (bicyclic) bond motifs is 1. The zero-order chi connectivity index (χ0) is 13.0. The number of rotatable bonds is 2. The third-order valence-electron chi connectivity index (χ3n) is 4.30. The molecule has 1 aromatic heterocycles. The first kappa shape index (κ1) is 11.8. The Morgan fingerprint density at radius 3 is 2.50 bits per heavy atom. The van der Waals surface area contributed by atoms with Crippen molar-refractivity contribution in [1.82, 2.24) is 4.98 Å². The van der Waals surface area contributed by atoms with Gasteiger partial charge in [-0.2, -0.15) is 0 Å². The SMILES string of the molecule is Cc1[nH]c2ccccc2c1C1(C(C)(C)N)COC1. The fourth-order valence-corrected chi connectivity index (χ4v) is 3.04. The Bertz CT molecular complexity index is 588. The number of hydrogen-bond donors (Lipinski definition) is 2. The van der Waals surface area contributed by atoms with E-state index in [1.807, 2.05) is 0 Å². The van der Waals surface area contributed by atoms with Crippen LogP contribution in [0.25, 0.3) is 10.9 Å². The number of aromatic nitrogens is 1. The second kappa shape index (κ2) is 3.59. The number of ether oxygens (including phenoxy) is 1. The normalized spacial score (nSPS) is 18.9. The molecule has 3 N–H and O–H groups in total. The standard InChI is InChI=1S/C15H20N2O/c1-10-13(11-6-4-5-7-12(11)17-10)15(8-18-9-15)14(2,3)16/h4-7,17H,8-9,16H2,1-3H3. The van der Waals surface area contributed by atoms with E-state index >= 15 is 0 Å². The number of benzene rings is 1. The molecule has 18 heavy (non-hydrogen) atoms. The van der Waals surface area contributed by atoms with E-state index in [-0.39, 0.29) is 11.0 Å². The first-order valence-electron chi connectivity index (χ1n) is 6.40. The smallest absolute Gasteiger partial charge is 0.0618 e. The van der Waals surface area contributed by atoms with Crippen molar-refractivity contribution < 1.29 is 4.74 Å². The molecule has 0 atom stereocenters. The van der Waals surface area contributed by atoms with Crippen molar-refractivity contribution in [2.75, 3.05) is 13.2 Å². The minimum Gasteiger partial charge on any atom is -0.379 e. The first-order valence-corrected chi connectivity index (χ1v) is 6.40. The highest BCUT2D eigenvalue weighted by molar-refractivity contribution is 5.86. The highest BCUT2D eigenvalue weighted by Gasteiger charge is 2.52. The molecule has 1 aliphatic rings. The van der Waals surface area contributed by atoms with Crippen molar-refractivity contribution in [1.29, 1.82) is 0 Å². The molecule has 0 bridgehead atoms. The summed E-state index contributed by atoms with van der Waals surface area (Å²) in [7, 11) is 0. The van der Waals surface area contributed by atoms with Crippen LogP contribution in [0.5, 0.6) is 0 Å². The van der Waals surface area contributed by atoms with Crippen molar-refractivity contribution in [2.24, 2.45) is 5.73 Å². The predicted molar refractivity (Wildman–Crippen MR) is 73.8 cm³/mol. The third kappa shape index (κ3) is 1.38. The summed E-state index contributed by atoms with van der Waals surface area (Å²) in [5.41, 5.74) is 9.79. The maximum Gasteiger partial charge on any atom is 0.0618 e. The van der Waals surface area contributed by atoms with Crippen LogP contribution in [-0.4, -0.2) is 23.7 Å². The molecule has 0 amide bonds. The van der Waals surface area contributed by atoms with Crippen molar-refractivity contribution >= 4 is 10.9 Å². The Morgan fingerprint density at radius 2 is 1.94 bits per heavy atom. The van der Waals surface area contributed by atoms with Crippen LogP contribution in [0.3, 0.4) is 0 Å². The summed E-state index contributed by atoms with van der Waals surface area (Å²) in [5.74, 6) is 0. The Balaban J connectivity index is 2.28. The van der Waals surface area contributed by atoms with Crippen LogP contribution < -0.4 is 5.73 Å². The maximum atomic E-state index is 6.43. The van der Waals surface area contributed by atoms with E-state index in [4.69, 9.17) is 10.5 Å². The minimum atomic E-state index is -0.291. The van der Waals surface area contributed by atoms with Crippen LogP contribution in [-0.2, 0) is 10.2 Å². The topological polar surface area (TPSA) is 51.0 Å². The Morgan fingerprint density at radius 1 is 1.28 bits per heavy atom.